The van der Waals surface area contributed by atoms with Gasteiger partial charge in [0.2, 0.25) is 0 Å². The van der Waals surface area contributed by atoms with Crippen molar-refractivity contribution in [1.29, 1.82) is 0 Å². The van der Waals surface area contributed by atoms with Gasteiger partial charge in [0.15, 0.2) is 0 Å². The molecule has 94 valence electrons. The highest BCUT2D eigenvalue weighted by Gasteiger charge is 2.08. The summed E-state index contributed by atoms with van der Waals surface area (Å²) in [5.41, 5.74) is 1.09. The van der Waals surface area contributed by atoms with E-state index in [-0.39, 0.29) is 6.61 Å². The lowest BCUT2D eigenvalue weighted by Crippen LogP contribution is -2.27. The zero-order valence-electron chi connectivity index (χ0n) is 10.3. The molecular weight excluding hydrogens is 228 g/mol. The van der Waals surface area contributed by atoms with E-state index in [9.17, 15) is 0 Å². The molecule has 0 saturated heterocycles. The molecule has 0 aliphatic rings. The van der Waals surface area contributed by atoms with Crippen LogP contribution in [0, 0.1) is 6.92 Å². The maximum atomic E-state index is 9.14. The average molecular weight is 244 g/mol. The minimum absolute atomic E-state index is 0.0866. The van der Waals surface area contributed by atoms with E-state index in [2.05, 4.69) is 15.0 Å². The zero-order chi connectivity index (χ0) is 12.8. The summed E-state index contributed by atoms with van der Waals surface area (Å²) in [6.45, 7) is 3.14. The van der Waals surface area contributed by atoms with Crippen molar-refractivity contribution in [3.8, 4) is 0 Å². The van der Waals surface area contributed by atoms with Crippen molar-refractivity contribution in [1.82, 2.24) is 15.0 Å². The lowest BCUT2D eigenvalue weighted by Gasteiger charge is -2.22. The fourth-order valence-corrected chi connectivity index (χ4v) is 1.73. The number of hydrogen-bond acceptors (Lipinski definition) is 5. The Bertz CT molecular complexity index is 489. The summed E-state index contributed by atoms with van der Waals surface area (Å²) >= 11 is 0. The highest BCUT2D eigenvalue weighted by Crippen LogP contribution is 2.13. The molecular formula is C13H16N4O. The van der Waals surface area contributed by atoms with Crippen molar-refractivity contribution in [2.75, 3.05) is 18.1 Å². The summed E-state index contributed by atoms with van der Waals surface area (Å²) in [7, 11) is 0. The van der Waals surface area contributed by atoms with Gasteiger partial charge in [0, 0.05) is 31.7 Å². The molecule has 0 aliphatic heterocycles. The number of aryl methyl sites for hydroxylation is 1. The third kappa shape index (κ3) is 3.24. The molecule has 5 nitrogen and oxygen atoms in total. The van der Waals surface area contributed by atoms with Gasteiger partial charge in [0.1, 0.15) is 11.6 Å². The van der Waals surface area contributed by atoms with Crippen LogP contribution in [0.4, 0.5) is 5.82 Å². The lowest BCUT2D eigenvalue weighted by atomic mass is 10.2. The first-order chi connectivity index (χ1) is 8.79. The number of pyridine rings is 1. The van der Waals surface area contributed by atoms with Gasteiger partial charge >= 0.3 is 0 Å². The van der Waals surface area contributed by atoms with Crippen LogP contribution in [-0.4, -0.2) is 33.2 Å². The molecule has 2 aromatic heterocycles. The monoisotopic (exact) mass is 244 g/mol. The van der Waals surface area contributed by atoms with Gasteiger partial charge in [-0.25, -0.2) is 9.97 Å². The third-order valence-corrected chi connectivity index (χ3v) is 2.55. The number of aliphatic hydroxyl groups is 1. The van der Waals surface area contributed by atoms with Gasteiger partial charge in [0.05, 0.1) is 6.61 Å². The summed E-state index contributed by atoms with van der Waals surface area (Å²) in [6, 6.07) is 5.75. The molecule has 0 aromatic carbocycles. The predicted molar refractivity (Wildman–Crippen MR) is 69.1 cm³/mol. The largest absolute Gasteiger partial charge is 0.395 e. The quantitative estimate of drug-likeness (QED) is 0.855. The van der Waals surface area contributed by atoms with Gasteiger partial charge in [-0.1, -0.05) is 6.07 Å². The smallest absolute Gasteiger partial charge is 0.132 e. The first-order valence-corrected chi connectivity index (χ1v) is 5.84. The second kappa shape index (κ2) is 6.07. The fraction of sp³-hybridized carbons (Fsp3) is 0.308. The van der Waals surface area contributed by atoms with E-state index in [1.54, 1.807) is 12.4 Å². The standard InChI is InChI=1S/C13H16N4O/c1-11-15-6-4-13(16-11)17(7-8-18)10-12-3-2-5-14-9-12/h2-6,9,18H,7-8,10H2,1H3. The Kier molecular flexibility index (Phi) is 4.20. The molecule has 0 saturated carbocycles. The molecule has 2 aromatic rings. The van der Waals surface area contributed by atoms with E-state index < -0.39 is 0 Å². The second-order valence-corrected chi connectivity index (χ2v) is 3.97. The molecule has 0 amide bonds. The maximum absolute atomic E-state index is 9.14. The Balaban J connectivity index is 2.18. The van der Waals surface area contributed by atoms with E-state index in [0.717, 1.165) is 17.2 Å². The summed E-state index contributed by atoms with van der Waals surface area (Å²) < 4.78 is 0. The number of nitrogens with zero attached hydrogens (tertiary/aromatic N) is 4. The van der Waals surface area contributed by atoms with Crippen molar-refractivity contribution in [2.24, 2.45) is 0 Å². The molecule has 0 fully saturated rings. The van der Waals surface area contributed by atoms with Crippen molar-refractivity contribution < 1.29 is 5.11 Å². The number of aliphatic hydroxyl groups excluding tert-OH is 1. The van der Waals surface area contributed by atoms with E-state index >= 15 is 0 Å². The minimum atomic E-state index is 0.0866. The molecule has 0 spiro atoms. The molecule has 0 aliphatic carbocycles. The predicted octanol–water partition coefficient (Wildman–Crippen LogP) is 1.18. The highest BCUT2D eigenvalue weighted by molar-refractivity contribution is 5.38. The van der Waals surface area contributed by atoms with Crippen LogP contribution in [0.3, 0.4) is 0 Å². The normalized spacial score (nSPS) is 10.3. The zero-order valence-corrected chi connectivity index (χ0v) is 10.3. The Hall–Kier alpha value is -2.01. The number of aromatic nitrogens is 3. The number of anilines is 1. The van der Waals surface area contributed by atoms with Crippen LogP contribution in [0.1, 0.15) is 11.4 Å². The van der Waals surface area contributed by atoms with Crippen LogP contribution >= 0.6 is 0 Å². The minimum Gasteiger partial charge on any atom is -0.395 e. The summed E-state index contributed by atoms with van der Waals surface area (Å²) in [4.78, 5) is 14.5. The van der Waals surface area contributed by atoms with E-state index in [4.69, 9.17) is 5.11 Å². The van der Waals surface area contributed by atoms with E-state index in [0.29, 0.717) is 13.1 Å². The van der Waals surface area contributed by atoms with Crippen LogP contribution in [0.15, 0.2) is 36.8 Å². The molecule has 0 atom stereocenters. The van der Waals surface area contributed by atoms with Crippen molar-refractivity contribution in [3.63, 3.8) is 0 Å². The number of hydrogen-bond donors (Lipinski definition) is 1. The van der Waals surface area contributed by atoms with Gasteiger partial charge < -0.3 is 10.0 Å². The summed E-state index contributed by atoms with van der Waals surface area (Å²) in [5.74, 6) is 1.54. The third-order valence-electron chi connectivity index (χ3n) is 2.55. The SMILES string of the molecule is Cc1nccc(N(CCO)Cc2cccnc2)n1. The molecule has 0 radical (unpaired) electrons. The molecule has 0 bridgehead atoms. The first kappa shape index (κ1) is 12.4. The molecule has 0 unspecified atom stereocenters. The Morgan fingerprint density at radius 3 is 2.83 bits per heavy atom. The van der Waals surface area contributed by atoms with Gasteiger partial charge in [-0.15, -0.1) is 0 Å². The Morgan fingerprint density at radius 1 is 1.28 bits per heavy atom. The second-order valence-electron chi connectivity index (χ2n) is 3.97. The van der Waals surface area contributed by atoms with Crippen molar-refractivity contribution in [3.05, 3.63) is 48.2 Å². The highest BCUT2D eigenvalue weighted by atomic mass is 16.3. The van der Waals surface area contributed by atoms with Crippen molar-refractivity contribution >= 4 is 5.82 Å². The van der Waals surface area contributed by atoms with Crippen LogP contribution in [0.5, 0.6) is 0 Å². The van der Waals surface area contributed by atoms with Crippen LogP contribution in [0.25, 0.3) is 0 Å². The van der Waals surface area contributed by atoms with Crippen LogP contribution < -0.4 is 4.90 Å². The molecule has 2 rings (SSSR count). The van der Waals surface area contributed by atoms with Gasteiger partial charge in [0.25, 0.3) is 0 Å². The fourth-order valence-electron chi connectivity index (χ4n) is 1.73. The lowest BCUT2D eigenvalue weighted by molar-refractivity contribution is 0.301. The van der Waals surface area contributed by atoms with Crippen LogP contribution in [-0.2, 0) is 6.54 Å². The summed E-state index contributed by atoms with van der Waals surface area (Å²) in [5, 5.41) is 9.14. The Morgan fingerprint density at radius 2 is 2.17 bits per heavy atom. The van der Waals surface area contributed by atoms with Gasteiger partial charge in [-0.3, -0.25) is 4.98 Å². The Labute approximate surface area is 106 Å². The topological polar surface area (TPSA) is 62.1 Å². The molecule has 18 heavy (non-hydrogen) atoms. The molecule has 1 N–H and O–H groups in total. The van der Waals surface area contributed by atoms with Gasteiger partial charge in [-0.05, 0) is 24.6 Å². The number of rotatable bonds is 5. The summed E-state index contributed by atoms with van der Waals surface area (Å²) in [6.07, 6.45) is 5.29. The molecule has 5 heteroatoms. The molecule has 2 heterocycles. The van der Waals surface area contributed by atoms with Crippen molar-refractivity contribution in [2.45, 2.75) is 13.5 Å². The van der Waals surface area contributed by atoms with Gasteiger partial charge in [-0.2, -0.15) is 0 Å². The van der Waals surface area contributed by atoms with Crippen LogP contribution in [0.2, 0.25) is 0 Å². The average Bonchev–Trinajstić information content (AvgIpc) is 2.39. The first-order valence-electron chi connectivity index (χ1n) is 5.84. The van der Waals surface area contributed by atoms with E-state index in [1.807, 2.05) is 36.2 Å². The van der Waals surface area contributed by atoms with E-state index in [1.165, 1.54) is 0 Å². The maximum Gasteiger partial charge on any atom is 0.132 e.